The summed E-state index contributed by atoms with van der Waals surface area (Å²) in [6, 6.07) is 4.28. The first-order valence-corrected chi connectivity index (χ1v) is 4.04. The third-order valence-corrected chi connectivity index (χ3v) is 1.68. The number of anilines is 1. The molecule has 0 atom stereocenters. The summed E-state index contributed by atoms with van der Waals surface area (Å²) in [4.78, 5) is 20.9. The molecular weight excluding hydrogens is 198 g/mol. The van der Waals surface area contributed by atoms with Gasteiger partial charge in [0.25, 0.3) is 5.78 Å². The van der Waals surface area contributed by atoms with Crippen LogP contribution in [0.15, 0.2) is 24.3 Å². The second-order valence-corrected chi connectivity index (χ2v) is 2.82. The van der Waals surface area contributed by atoms with Crippen LogP contribution in [-0.2, 0) is 9.59 Å². The van der Waals surface area contributed by atoms with Gasteiger partial charge in [-0.1, -0.05) is 0 Å². The van der Waals surface area contributed by atoms with E-state index in [0.717, 1.165) is 6.08 Å². The molecule has 5 heteroatoms. The standard InChI is InChI=1S/C10H9NO4/c11-7-2-4-8(12)6(5-7)1-3-9(13)10(14)15/h1-5,12H,11H2,(H,14,15)/b3-1+. The van der Waals surface area contributed by atoms with Gasteiger partial charge in [0.05, 0.1) is 0 Å². The Labute approximate surface area is 85.5 Å². The first-order chi connectivity index (χ1) is 7.00. The molecule has 15 heavy (non-hydrogen) atoms. The van der Waals surface area contributed by atoms with Crippen molar-refractivity contribution in [1.29, 1.82) is 0 Å². The number of benzene rings is 1. The molecule has 0 heterocycles. The highest BCUT2D eigenvalue weighted by Gasteiger charge is 2.06. The van der Waals surface area contributed by atoms with Crippen LogP contribution >= 0.6 is 0 Å². The number of phenols is 1. The predicted molar refractivity (Wildman–Crippen MR) is 54.2 cm³/mol. The van der Waals surface area contributed by atoms with Crippen LogP contribution in [0.1, 0.15) is 5.56 Å². The van der Waals surface area contributed by atoms with Crippen LogP contribution in [0.5, 0.6) is 5.75 Å². The monoisotopic (exact) mass is 207 g/mol. The van der Waals surface area contributed by atoms with E-state index in [1.807, 2.05) is 0 Å². The van der Waals surface area contributed by atoms with Crippen LogP contribution in [0.25, 0.3) is 6.08 Å². The van der Waals surface area contributed by atoms with Crippen molar-refractivity contribution in [1.82, 2.24) is 0 Å². The molecule has 0 aromatic heterocycles. The first kappa shape index (κ1) is 10.8. The largest absolute Gasteiger partial charge is 0.507 e. The van der Waals surface area contributed by atoms with Crippen LogP contribution < -0.4 is 5.73 Å². The van der Waals surface area contributed by atoms with Gasteiger partial charge in [-0.3, -0.25) is 4.79 Å². The van der Waals surface area contributed by atoms with Crippen LogP contribution in [-0.4, -0.2) is 22.0 Å². The number of aromatic hydroxyl groups is 1. The zero-order chi connectivity index (χ0) is 11.4. The number of carboxylic acid groups (broad SMARTS) is 1. The Morgan fingerprint density at radius 2 is 2.00 bits per heavy atom. The summed E-state index contributed by atoms with van der Waals surface area (Å²) in [7, 11) is 0. The summed E-state index contributed by atoms with van der Waals surface area (Å²) >= 11 is 0. The molecule has 4 N–H and O–H groups in total. The second-order valence-electron chi connectivity index (χ2n) is 2.82. The average molecular weight is 207 g/mol. The molecule has 0 bridgehead atoms. The Morgan fingerprint density at radius 1 is 1.33 bits per heavy atom. The highest BCUT2D eigenvalue weighted by atomic mass is 16.4. The van der Waals surface area contributed by atoms with Crippen molar-refractivity contribution in [2.45, 2.75) is 0 Å². The van der Waals surface area contributed by atoms with Gasteiger partial charge >= 0.3 is 5.97 Å². The molecule has 0 saturated carbocycles. The zero-order valence-corrected chi connectivity index (χ0v) is 7.68. The molecule has 0 amide bonds. The molecule has 1 aromatic carbocycles. The van der Waals surface area contributed by atoms with E-state index in [4.69, 9.17) is 10.8 Å². The van der Waals surface area contributed by atoms with E-state index < -0.39 is 11.8 Å². The minimum atomic E-state index is -1.55. The van der Waals surface area contributed by atoms with Gasteiger partial charge < -0.3 is 15.9 Å². The van der Waals surface area contributed by atoms with Crippen LogP contribution in [0, 0.1) is 0 Å². The molecule has 5 nitrogen and oxygen atoms in total. The number of ketones is 1. The molecule has 0 spiro atoms. The van der Waals surface area contributed by atoms with Gasteiger partial charge in [-0.25, -0.2) is 4.79 Å². The normalized spacial score (nSPS) is 10.4. The van der Waals surface area contributed by atoms with E-state index in [1.54, 1.807) is 0 Å². The van der Waals surface area contributed by atoms with Gasteiger partial charge in [-0.05, 0) is 30.4 Å². The summed E-state index contributed by atoms with van der Waals surface area (Å²) in [6.07, 6.45) is 2.05. The number of phenolic OH excluding ortho intramolecular Hbond substituents is 1. The van der Waals surface area contributed by atoms with Gasteiger partial charge in [0.1, 0.15) is 5.75 Å². The summed E-state index contributed by atoms with van der Waals surface area (Å²) in [5.41, 5.74) is 6.16. The second kappa shape index (κ2) is 4.28. The van der Waals surface area contributed by atoms with Crippen molar-refractivity contribution in [3.8, 4) is 5.75 Å². The van der Waals surface area contributed by atoms with E-state index in [-0.39, 0.29) is 5.75 Å². The van der Waals surface area contributed by atoms with Crippen LogP contribution in [0.2, 0.25) is 0 Å². The van der Waals surface area contributed by atoms with Crippen molar-refractivity contribution in [3.63, 3.8) is 0 Å². The lowest BCUT2D eigenvalue weighted by Gasteiger charge is -1.99. The third kappa shape index (κ3) is 2.84. The number of aliphatic carboxylic acids is 1. The number of hydrogen-bond donors (Lipinski definition) is 3. The zero-order valence-electron chi connectivity index (χ0n) is 7.68. The molecule has 0 unspecified atom stereocenters. The highest BCUT2D eigenvalue weighted by Crippen LogP contribution is 2.20. The van der Waals surface area contributed by atoms with Gasteiger partial charge in [-0.15, -0.1) is 0 Å². The van der Waals surface area contributed by atoms with Gasteiger partial charge in [-0.2, -0.15) is 0 Å². The van der Waals surface area contributed by atoms with E-state index in [1.165, 1.54) is 24.3 Å². The quantitative estimate of drug-likeness (QED) is 0.292. The maximum absolute atomic E-state index is 10.7. The summed E-state index contributed by atoms with van der Waals surface area (Å²) in [5, 5.41) is 17.6. The number of carbonyl (C=O) groups excluding carboxylic acids is 1. The number of nitrogens with two attached hydrogens (primary N) is 1. The lowest BCUT2D eigenvalue weighted by molar-refractivity contribution is -0.146. The fourth-order valence-corrected chi connectivity index (χ4v) is 0.943. The SMILES string of the molecule is Nc1ccc(O)c(/C=C/C(=O)C(=O)O)c1. The van der Waals surface area contributed by atoms with Crippen LogP contribution in [0.3, 0.4) is 0 Å². The Morgan fingerprint density at radius 3 is 2.60 bits per heavy atom. The Bertz CT molecular complexity index is 437. The van der Waals surface area contributed by atoms with Gasteiger partial charge in [0.15, 0.2) is 0 Å². The molecule has 0 radical (unpaired) electrons. The van der Waals surface area contributed by atoms with E-state index in [2.05, 4.69) is 0 Å². The smallest absolute Gasteiger partial charge is 0.376 e. The molecule has 0 fully saturated rings. The molecular formula is C10H9NO4. The fourth-order valence-electron chi connectivity index (χ4n) is 0.943. The Hall–Kier alpha value is -2.30. The number of carboxylic acids is 1. The van der Waals surface area contributed by atoms with Crippen molar-refractivity contribution in [2.75, 3.05) is 5.73 Å². The predicted octanol–water partition coefficient (Wildman–Crippen LogP) is 0.641. The molecule has 0 saturated heterocycles. The minimum Gasteiger partial charge on any atom is -0.507 e. The van der Waals surface area contributed by atoms with Crippen molar-refractivity contribution in [3.05, 3.63) is 29.8 Å². The fraction of sp³-hybridized carbons (Fsp3) is 0. The molecule has 1 rings (SSSR count). The Kier molecular flexibility index (Phi) is 3.07. The van der Waals surface area contributed by atoms with Gasteiger partial charge in [0, 0.05) is 11.3 Å². The average Bonchev–Trinajstić information content (AvgIpc) is 2.18. The number of carbonyl (C=O) groups is 2. The molecule has 1 aromatic rings. The first-order valence-electron chi connectivity index (χ1n) is 4.04. The maximum atomic E-state index is 10.7. The van der Waals surface area contributed by atoms with Crippen molar-refractivity contribution in [2.24, 2.45) is 0 Å². The van der Waals surface area contributed by atoms with Crippen LogP contribution in [0.4, 0.5) is 5.69 Å². The number of hydrogen-bond acceptors (Lipinski definition) is 4. The van der Waals surface area contributed by atoms with Crippen molar-refractivity contribution >= 4 is 23.5 Å². The van der Waals surface area contributed by atoms with Crippen molar-refractivity contribution < 1.29 is 19.8 Å². The van der Waals surface area contributed by atoms with E-state index >= 15 is 0 Å². The Balaban J connectivity index is 2.94. The molecule has 0 aliphatic heterocycles. The summed E-state index contributed by atoms with van der Waals surface area (Å²) in [6.45, 7) is 0. The summed E-state index contributed by atoms with van der Waals surface area (Å²) < 4.78 is 0. The lowest BCUT2D eigenvalue weighted by atomic mass is 10.1. The number of nitrogen functional groups attached to an aromatic ring is 1. The lowest BCUT2D eigenvalue weighted by Crippen LogP contribution is -2.08. The van der Waals surface area contributed by atoms with Gasteiger partial charge in [0.2, 0.25) is 0 Å². The topological polar surface area (TPSA) is 101 Å². The summed E-state index contributed by atoms with van der Waals surface area (Å²) in [5.74, 6) is -2.68. The third-order valence-electron chi connectivity index (χ3n) is 1.68. The maximum Gasteiger partial charge on any atom is 0.376 e. The highest BCUT2D eigenvalue weighted by molar-refractivity contribution is 6.38. The molecule has 0 aliphatic rings. The minimum absolute atomic E-state index is 0.0707. The number of rotatable bonds is 3. The van der Waals surface area contributed by atoms with E-state index in [0.29, 0.717) is 11.3 Å². The molecule has 0 aliphatic carbocycles. The molecule has 78 valence electrons. The van der Waals surface area contributed by atoms with E-state index in [9.17, 15) is 14.7 Å².